The van der Waals surface area contributed by atoms with Crippen molar-refractivity contribution in [2.75, 3.05) is 5.32 Å². The quantitative estimate of drug-likeness (QED) is 0.430. The van der Waals surface area contributed by atoms with E-state index < -0.39 is 35.7 Å². The number of nitrogens with zero attached hydrogens (tertiary/aromatic N) is 2. The van der Waals surface area contributed by atoms with Crippen LogP contribution in [0.1, 0.15) is 23.5 Å². The Bertz CT molecular complexity index is 1420. The van der Waals surface area contributed by atoms with E-state index in [0.717, 1.165) is 15.8 Å². The zero-order chi connectivity index (χ0) is 25.1. The molecule has 0 unspecified atom stereocenters. The highest BCUT2D eigenvalue weighted by Crippen LogP contribution is 2.36. The highest BCUT2D eigenvalue weighted by molar-refractivity contribution is 6.08. The standard InChI is InChI=1S/C28H22FN3O4/c29-21-13-11-19(12-14-21)22-16-24(33)32(28(35)36-17-18-6-2-1-3-7-18)26(22)27(34)31-23-10-4-8-20-9-5-15-30-25(20)23/h1-15,22,26H,16-17H2,(H,31,34)/t22-,26-/m0/s1. The SMILES string of the molecule is O=C(Nc1cccc2cccnc12)[C@@H]1[C@H](c2ccc(F)cc2)CC(=O)N1C(=O)OCc1ccccc1. The van der Waals surface area contributed by atoms with Gasteiger partial charge in [-0.1, -0.05) is 60.7 Å². The Morgan fingerprint density at radius 3 is 2.50 bits per heavy atom. The molecule has 0 saturated carbocycles. The van der Waals surface area contributed by atoms with E-state index in [9.17, 15) is 18.8 Å². The van der Waals surface area contributed by atoms with Gasteiger partial charge < -0.3 is 10.1 Å². The first-order valence-electron chi connectivity index (χ1n) is 11.4. The first kappa shape index (κ1) is 23.2. The third kappa shape index (κ3) is 4.65. The summed E-state index contributed by atoms with van der Waals surface area (Å²) in [5.74, 6) is -2.22. The van der Waals surface area contributed by atoms with Gasteiger partial charge in [0.05, 0.1) is 11.2 Å². The largest absolute Gasteiger partial charge is 0.444 e. The van der Waals surface area contributed by atoms with Crippen LogP contribution in [0.15, 0.2) is 91.1 Å². The number of benzene rings is 3. The van der Waals surface area contributed by atoms with Crippen molar-refractivity contribution >= 4 is 34.5 Å². The molecule has 1 N–H and O–H groups in total. The smallest absolute Gasteiger partial charge is 0.417 e. The molecule has 2 atom stereocenters. The fourth-order valence-electron chi connectivity index (χ4n) is 4.46. The number of aromatic nitrogens is 1. The van der Waals surface area contributed by atoms with Crippen LogP contribution in [-0.2, 0) is 20.9 Å². The summed E-state index contributed by atoms with van der Waals surface area (Å²) in [5, 5.41) is 3.67. The molecule has 1 aromatic heterocycles. The summed E-state index contributed by atoms with van der Waals surface area (Å²) in [6.07, 6.45) is 0.605. The van der Waals surface area contributed by atoms with Crippen molar-refractivity contribution in [1.82, 2.24) is 9.88 Å². The first-order chi connectivity index (χ1) is 17.5. The van der Waals surface area contributed by atoms with Crippen molar-refractivity contribution in [3.8, 4) is 0 Å². The molecule has 7 nitrogen and oxygen atoms in total. The number of halogens is 1. The van der Waals surface area contributed by atoms with Gasteiger partial charge in [-0.25, -0.2) is 14.1 Å². The number of hydrogen-bond donors (Lipinski definition) is 1. The number of amides is 3. The van der Waals surface area contributed by atoms with Crippen LogP contribution >= 0.6 is 0 Å². The lowest BCUT2D eigenvalue weighted by molar-refractivity contribution is -0.131. The number of pyridine rings is 1. The third-order valence-corrected chi connectivity index (χ3v) is 6.18. The monoisotopic (exact) mass is 483 g/mol. The second-order valence-electron chi connectivity index (χ2n) is 8.48. The van der Waals surface area contributed by atoms with Crippen LogP contribution in [0.3, 0.4) is 0 Å². The van der Waals surface area contributed by atoms with Gasteiger partial charge in [-0.2, -0.15) is 0 Å². The maximum Gasteiger partial charge on any atom is 0.417 e. The lowest BCUT2D eigenvalue weighted by Gasteiger charge is -2.26. The van der Waals surface area contributed by atoms with Gasteiger partial charge in [0, 0.05) is 23.9 Å². The van der Waals surface area contributed by atoms with Crippen LogP contribution in [0.4, 0.5) is 14.9 Å². The Morgan fingerprint density at radius 2 is 1.72 bits per heavy atom. The van der Waals surface area contributed by atoms with Crippen molar-refractivity contribution in [3.63, 3.8) is 0 Å². The number of carbonyl (C=O) groups is 3. The number of nitrogens with one attached hydrogen (secondary N) is 1. The normalized spacial score (nSPS) is 17.2. The highest BCUT2D eigenvalue weighted by atomic mass is 19.1. The number of para-hydroxylation sites is 1. The van der Waals surface area contributed by atoms with Crippen molar-refractivity contribution in [2.24, 2.45) is 0 Å². The van der Waals surface area contributed by atoms with Gasteiger partial charge in [-0.05, 0) is 35.4 Å². The maximum atomic E-state index is 13.6. The van der Waals surface area contributed by atoms with Gasteiger partial charge >= 0.3 is 6.09 Å². The van der Waals surface area contributed by atoms with Gasteiger partial charge in [0.1, 0.15) is 18.5 Å². The van der Waals surface area contributed by atoms with E-state index in [1.807, 2.05) is 30.3 Å². The van der Waals surface area contributed by atoms with Crippen molar-refractivity contribution in [3.05, 3.63) is 108 Å². The number of carbonyl (C=O) groups excluding carboxylic acids is 3. The number of fused-ring (bicyclic) bond motifs is 1. The minimum atomic E-state index is -1.19. The molecule has 180 valence electrons. The molecule has 1 saturated heterocycles. The summed E-state index contributed by atoms with van der Waals surface area (Å²) >= 11 is 0. The van der Waals surface area contributed by atoms with Crippen LogP contribution in [0.25, 0.3) is 10.9 Å². The van der Waals surface area contributed by atoms with E-state index >= 15 is 0 Å². The number of imide groups is 1. The van der Waals surface area contributed by atoms with E-state index in [0.29, 0.717) is 16.8 Å². The Morgan fingerprint density at radius 1 is 0.972 bits per heavy atom. The predicted molar refractivity (Wildman–Crippen MR) is 131 cm³/mol. The second kappa shape index (κ2) is 9.95. The van der Waals surface area contributed by atoms with E-state index in [1.54, 1.807) is 36.5 Å². The lowest BCUT2D eigenvalue weighted by Crippen LogP contribution is -2.47. The topological polar surface area (TPSA) is 88.6 Å². The number of hydrogen-bond acceptors (Lipinski definition) is 5. The van der Waals surface area contributed by atoms with Crippen molar-refractivity contribution in [2.45, 2.75) is 25.0 Å². The van der Waals surface area contributed by atoms with Crippen LogP contribution in [0.5, 0.6) is 0 Å². The molecule has 0 bridgehead atoms. The molecule has 3 amide bonds. The molecule has 1 aliphatic rings. The zero-order valence-corrected chi connectivity index (χ0v) is 19.1. The van der Waals surface area contributed by atoms with Crippen LogP contribution < -0.4 is 5.32 Å². The van der Waals surface area contributed by atoms with E-state index in [2.05, 4.69) is 10.3 Å². The van der Waals surface area contributed by atoms with E-state index in [-0.39, 0.29) is 13.0 Å². The Balaban J connectivity index is 1.46. The minimum absolute atomic E-state index is 0.0494. The maximum absolute atomic E-state index is 13.6. The van der Waals surface area contributed by atoms with E-state index in [1.165, 1.54) is 24.3 Å². The van der Waals surface area contributed by atoms with Crippen LogP contribution in [0, 0.1) is 5.82 Å². The number of ether oxygens (including phenoxy) is 1. The molecular formula is C28H22FN3O4. The summed E-state index contributed by atoms with van der Waals surface area (Å²) < 4.78 is 19.0. The number of anilines is 1. The van der Waals surface area contributed by atoms with Crippen molar-refractivity contribution in [1.29, 1.82) is 0 Å². The summed E-state index contributed by atoms with van der Waals surface area (Å²) in [7, 11) is 0. The predicted octanol–water partition coefficient (Wildman–Crippen LogP) is 5.03. The molecular weight excluding hydrogens is 461 g/mol. The average Bonchev–Trinajstić information content (AvgIpc) is 3.25. The lowest BCUT2D eigenvalue weighted by atomic mass is 9.91. The van der Waals surface area contributed by atoms with Crippen molar-refractivity contribution < 1.29 is 23.5 Å². The molecule has 2 heterocycles. The van der Waals surface area contributed by atoms with Gasteiger partial charge in [0.2, 0.25) is 11.8 Å². The molecule has 1 aliphatic heterocycles. The highest BCUT2D eigenvalue weighted by Gasteiger charge is 2.49. The number of rotatable bonds is 5. The average molecular weight is 483 g/mol. The summed E-state index contributed by atoms with van der Waals surface area (Å²) in [6.45, 7) is -0.0494. The molecule has 36 heavy (non-hydrogen) atoms. The molecule has 5 rings (SSSR count). The molecule has 1 fully saturated rings. The van der Waals surface area contributed by atoms with Gasteiger partial charge in [-0.3, -0.25) is 14.6 Å². The minimum Gasteiger partial charge on any atom is -0.444 e. The molecule has 0 spiro atoms. The zero-order valence-electron chi connectivity index (χ0n) is 19.1. The van der Waals surface area contributed by atoms with E-state index in [4.69, 9.17) is 4.74 Å². The Hall–Kier alpha value is -4.59. The molecule has 0 aliphatic carbocycles. The Labute approximate surface area is 206 Å². The Kier molecular flexibility index (Phi) is 6.40. The molecule has 0 radical (unpaired) electrons. The summed E-state index contributed by atoms with van der Waals surface area (Å²) in [6, 6.07) is 22.4. The van der Waals surface area contributed by atoms with Gasteiger partial charge in [-0.15, -0.1) is 0 Å². The fraction of sp³-hybridized carbons (Fsp3) is 0.143. The van der Waals surface area contributed by atoms with Crippen LogP contribution in [-0.4, -0.2) is 33.8 Å². The second-order valence-corrected chi connectivity index (χ2v) is 8.48. The fourth-order valence-corrected chi connectivity index (χ4v) is 4.46. The number of likely N-dealkylation sites (tertiary alicyclic amines) is 1. The first-order valence-corrected chi connectivity index (χ1v) is 11.4. The molecule has 8 heteroatoms. The molecule has 4 aromatic rings. The summed E-state index contributed by atoms with van der Waals surface area (Å²) in [5.41, 5.74) is 2.34. The molecule has 3 aromatic carbocycles. The van der Waals surface area contributed by atoms with Gasteiger partial charge in [0.15, 0.2) is 0 Å². The third-order valence-electron chi connectivity index (χ3n) is 6.18. The van der Waals surface area contributed by atoms with Gasteiger partial charge in [0.25, 0.3) is 0 Å². The summed E-state index contributed by atoms with van der Waals surface area (Å²) in [4.78, 5) is 44.9. The van der Waals surface area contributed by atoms with Crippen LogP contribution in [0.2, 0.25) is 0 Å².